The third-order valence-corrected chi connectivity index (χ3v) is 13.6. The predicted octanol–water partition coefficient (Wildman–Crippen LogP) is 13.6. The highest BCUT2D eigenvalue weighted by Gasteiger charge is 2.61. The Hall–Kier alpha value is -5.60. The molecule has 13 rings (SSSR count). The second-order valence-electron chi connectivity index (χ2n) is 16.2. The number of anilines is 3. The van der Waals surface area contributed by atoms with Gasteiger partial charge in [0.15, 0.2) is 0 Å². The van der Waals surface area contributed by atoms with Crippen molar-refractivity contribution < 1.29 is 4.42 Å². The molecule has 0 radical (unpaired) electrons. The summed E-state index contributed by atoms with van der Waals surface area (Å²) < 4.78 is 6.22. The van der Waals surface area contributed by atoms with Gasteiger partial charge in [0.2, 0.25) is 0 Å². The number of benzene rings is 7. The zero-order chi connectivity index (χ0) is 34.0. The minimum atomic E-state index is 0.212. The van der Waals surface area contributed by atoms with Gasteiger partial charge in [-0.25, -0.2) is 0 Å². The van der Waals surface area contributed by atoms with E-state index in [2.05, 4.69) is 150 Å². The maximum atomic E-state index is 6.22. The molecule has 0 aliphatic heterocycles. The maximum absolute atomic E-state index is 6.22. The molecule has 0 atom stereocenters. The van der Waals surface area contributed by atoms with E-state index in [4.69, 9.17) is 4.42 Å². The molecular weight excluding hydrogens is 631 g/mol. The number of hydrogen-bond donors (Lipinski definition) is 0. The molecule has 0 N–H and O–H groups in total. The number of hydrogen-bond acceptors (Lipinski definition) is 2. The summed E-state index contributed by atoms with van der Waals surface area (Å²) in [5.41, 5.74) is 14.2. The van der Waals surface area contributed by atoms with Gasteiger partial charge < -0.3 is 9.32 Å². The summed E-state index contributed by atoms with van der Waals surface area (Å²) in [4.78, 5) is 2.38. The lowest BCUT2D eigenvalue weighted by Gasteiger charge is -2.61. The molecule has 4 saturated carbocycles. The van der Waals surface area contributed by atoms with Crippen LogP contribution >= 0.6 is 0 Å². The average molecular weight is 670 g/mol. The molecular formula is C50H39NO. The molecule has 2 nitrogen and oxygen atoms in total. The summed E-state index contributed by atoms with van der Waals surface area (Å²) in [6.45, 7) is 0. The Morgan fingerprint density at radius 1 is 0.442 bits per heavy atom. The van der Waals surface area contributed by atoms with Crippen molar-refractivity contribution in [2.45, 2.75) is 37.5 Å². The van der Waals surface area contributed by atoms with Gasteiger partial charge in [0, 0.05) is 33.2 Å². The molecule has 5 aliphatic carbocycles. The molecule has 250 valence electrons. The summed E-state index contributed by atoms with van der Waals surface area (Å²) in [6, 6.07) is 56.4. The Labute approximate surface area is 304 Å². The first-order valence-electron chi connectivity index (χ1n) is 19.3. The van der Waals surface area contributed by atoms with E-state index >= 15 is 0 Å². The molecule has 0 unspecified atom stereocenters. The van der Waals surface area contributed by atoms with Crippen LogP contribution in [-0.4, -0.2) is 0 Å². The molecule has 1 heterocycles. The van der Waals surface area contributed by atoms with Gasteiger partial charge in [-0.3, -0.25) is 0 Å². The van der Waals surface area contributed by atoms with Crippen LogP contribution in [0.15, 0.2) is 156 Å². The minimum absolute atomic E-state index is 0.212. The molecule has 4 fully saturated rings. The lowest BCUT2D eigenvalue weighted by atomic mass is 9.43. The molecule has 5 aliphatic rings. The van der Waals surface area contributed by atoms with Crippen LogP contribution in [0.4, 0.5) is 17.1 Å². The van der Waals surface area contributed by atoms with Gasteiger partial charge >= 0.3 is 0 Å². The second-order valence-corrected chi connectivity index (χ2v) is 16.2. The topological polar surface area (TPSA) is 16.4 Å². The van der Waals surface area contributed by atoms with E-state index < -0.39 is 0 Å². The van der Waals surface area contributed by atoms with Gasteiger partial charge in [-0.1, -0.05) is 97.1 Å². The van der Waals surface area contributed by atoms with Gasteiger partial charge in [0.25, 0.3) is 0 Å². The van der Waals surface area contributed by atoms with Crippen molar-refractivity contribution in [3.8, 4) is 22.3 Å². The first kappa shape index (κ1) is 29.0. The van der Waals surface area contributed by atoms with Gasteiger partial charge in [-0.15, -0.1) is 0 Å². The molecule has 7 aromatic carbocycles. The van der Waals surface area contributed by atoms with Crippen LogP contribution in [0.2, 0.25) is 0 Å². The molecule has 1 aromatic heterocycles. The van der Waals surface area contributed by atoms with Gasteiger partial charge in [-0.2, -0.15) is 0 Å². The third-order valence-electron chi connectivity index (χ3n) is 13.6. The van der Waals surface area contributed by atoms with Crippen molar-refractivity contribution in [1.82, 2.24) is 0 Å². The smallest absolute Gasteiger partial charge is 0.135 e. The molecule has 4 bridgehead atoms. The van der Waals surface area contributed by atoms with E-state index in [9.17, 15) is 0 Å². The van der Waals surface area contributed by atoms with E-state index in [1.165, 1.54) is 65.1 Å². The number of furan rings is 1. The Morgan fingerprint density at radius 2 is 1.08 bits per heavy atom. The molecule has 1 spiro atoms. The fourth-order valence-corrected chi connectivity index (χ4v) is 11.8. The van der Waals surface area contributed by atoms with E-state index in [1.54, 1.807) is 11.1 Å². The second kappa shape index (κ2) is 10.7. The van der Waals surface area contributed by atoms with Gasteiger partial charge in [0.1, 0.15) is 11.2 Å². The molecule has 2 heteroatoms. The first-order valence-corrected chi connectivity index (χ1v) is 19.3. The van der Waals surface area contributed by atoms with Gasteiger partial charge in [0.05, 0.1) is 0 Å². The Balaban J connectivity index is 0.966. The van der Waals surface area contributed by atoms with E-state index in [-0.39, 0.29) is 5.41 Å². The summed E-state index contributed by atoms with van der Waals surface area (Å²) in [6.07, 6.45) is 7.16. The van der Waals surface area contributed by atoms with Crippen molar-refractivity contribution in [3.63, 3.8) is 0 Å². The highest BCUT2D eigenvalue weighted by molar-refractivity contribution is 6.06. The Morgan fingerprint density at radius 3 is 1.92 bits per heavy atom. The van der Waals surface area contributed by atoms with E-state index in [1.807, 2.05) is 6.07 Å². The number of rotatable bonds is 4. The number of fused-ring (bicyclic) bond motifs is 7. The van der Waals surface area contributed by atoms with Crippen LogP contribution in [-0.2, 0) is 5.41 Å². The van der Waals surface area contributed by atoms with Crippen molar-refractivity contribution in [1.29, 1.82) is 0 Å². The van der Waals surface area contributed by atoms with Crippen LogP contribution in [0.3, 0.4) is 0 Å². The zero-order valence-electron chi connectivity index (χ0n) is 29.1. The number of para-hydroxylation sites is 1. The largest absolute Gasteiger partial charge is 0.456 e. The summed E-state index contributed by atoms with van der Waals surface area (Å²) in [5.74, 6) is 3.49. The fraction of sp³-hybridized carbons (Fsp3) is 0.200. The highest BCUT2D eigenvalue weighted by Crippen LogP contribution is 2.69. The maximum Gasteiger partial charge on any atom is 0.135 e. The Bertz CT molecular complexity index is 2690. The quantitative estimate of drug-likeness (QED) is 0.185. The van der Waals surface area contributed by atoms with Gasteiger partial charge in [-0.05, 0) is 155 Å². The SMILES string of the molecule is c1ccc2c(c1)-c1cc(-c3ccc(N(c4ccc5ccccc5c4)c4ccc5oc6ccccc6c5c4)cc3)ccc1C21C2CC3CC(C2)CC1C3. The standard InChI is InChI=1S/C50H39NO/c1-2-8-35-28-40(19-15-33(35)7-1)51(41-20-22-49-45(30-41)43-10-4-6-12-48(43)52-49)39-17-13-34(14-18-39)36-16-21-47-44(29-36)42-9-3-5-11-46(42)50(47)37-24-31-23-32(26-37)27-38(50)25-31/h1-22,28-32,37-38H,23-27H2. The van der Waals surface area contributed by atoms with Crippen molar-refractivity contribution >= 4 is 49.8 Å². The van der Waals surface area contributed by atoms with Crippen molar-refractivity contribution in [2.24, 2.45) is 23.7 Å². The van der Waals surface area contributed by atoms with E-state index in [0.717, 1.165) is 62.7 Å². The molecule has 0 amide bonds. The lowest BCUT2D eigenvalue weighted by Crippen LogP contribution is -2.55. The monoisotopic (exact) mass is 669 g/mol. The summed E-state index contributed by atoms with van der Waals surface area (Å²) in [7, 11) is 0. The predicted molar refractivity (Wildman–Crippen MR) is 215 cm³/mol. The number of nitrogens with zero attached hydrogens (tertiary/aromatic N) is 1. The average Bonchev–Trinajstić information content (AvgIpc) is 3.70. The Kier molecular flexibility index (Phi) is 5.98. The van der Waals surface area contributed by atoms with E-state index in [0.29, 0.717) is 0 Å². The minimum Gasteiger partial charge on any atom is -0.456 e. The normalized spacial score (nSPS) is 23.8. The lowest BCUT2D eigenvalue weighted by molar-refractivity contribution is -0.0399. The summed E-state index contributed by atoms with van der Waals surface area (Å²) >= 11 is 0. The zero-order valence-corrected chi connectivity index (χ0v) is 29.1. The first-order chi connectivity index (χ1) is 25.7. The van der Waals surface area contributed by atoms with Crippen LogP contribution < -0.4 is 4.90 Å². The van der Waals surface area contributed by atoms with Crippen LogP contribution in [0.1, 0.15) is 43.2 Å². The summed E-state index contributed by atoms with van der Waals surface area (Å²) in [5, 5.41) is 4.74. The fourth-order valence-electron chi connectivity index (χ4n) is 11.8. The highest BCUT2D eigenvalue weighted by atomic mass is 16.3. The van der Waals surface area contributed by atoms with Crippen LogP contribution in [0.25, 0.3) is 55.0 Å². The molecule has 0 saturated heterocycles. The third kappa shape index (κ3) is 4.01. The van der Waals surface area contributed by atoms with Crippen molar-refractivity contribution in [3.05, 3.63) is 163 Å². The van der Waals surface area contributed by atoms with Crippen LogP contribution in [0.5, 0.6) is 0 Å². The van der Waals surface area contributed by atoms with Crippen LogP contribution in [0, 0.1) is 23.7 Å². The molecule has 52 heavy (non-hydrogen) atoms. The van der Waals surface area contributed by atoms with Crippen molar-refractivity contribution in [2.75, 3.05) is 4.90 Å². The molecule has 8 aromatic rings.